The van der Waals surface area contributed by atoms with Gasteiger partial charge in [-0.15, -0.1) is 0 Å². The van der Waals surface area contributed by atoms with Crippen LogP contribution in [0.3, 0.4) is 0 Å². The molecule has 0 saturated heterocycles. The Morgan fingerprint density at radius 1 is 0.828 bits per heavy atom. The van der Waals surface area contributed by atoms with Crippen molar-refractivity contribution in [2.45, 2.75) is 33.1 Å². The van der Waals surface area contributed by atoms with Gasteiger partial charge in [0.2, 0.25) is 11.8 Å². The van der Waals surface area contributed by atoms with E-state index in [0.717, 1.165) is 12.8 Å². The molecule has 0 unspecified atom stereocenters. The summed E-state index contributed by atoms with van der Waals surface area (Å²) in [6.07, 6.45) is 2.34. The summed E-state index contributed by atoms with van der Waals surface area (Å²) in [6, 6.07) is 14.0. The van der Waals surface area contributed by atoms with Crippen LogP contribution < -0.4 is 21.3 Å². The van der Waals surface area contributed by atoms with Crippen molar-refractivity contribution in [3.8, 4) is 0 Å². The second kappa shape index (κ2) is 11.5. The first kappa shape index (κ1) is 21.9. The molecule has 7 nitrogen and oxygen atoms in total. The van der Waals surface area contributed by atoms with Gasteiger partial charge in [-0.3, -0.25) is 14.4 Å². The number of anilines is 3. The van der Waals surface area contributed by atoms with E-state index in [1.165, 1.54) is 0 Å². The molecule has 0 spiro atoms. The third-order valence-corrected chi connectivity index (χ3v) is 4.14. The normalized spacial score (nSPS) is 10.1. The molecular weight excluding hydrogens is 368 g/mol. The molecule has 2 aromatic rings. The topological polar surface area (TPSA) is 99.3 Å². The summed E-state index contributed by atoms with van der Waals surface area (Å²) in [4.78, 5) is 35.8. The molecule has 0 heterocycles. The van der Waals surface area contributed by atoms with Gasteiger partial charge in [0.25, 0.3) is 5.91 Å². The molecule has 2 rings (SSSR count). The minimum atomic E-state index is -0.234. The smallest absolute Gasteiger partial charge is 0.251 e. The van der Waals surface area contributed by atoms with Gasteiger partial charge in [-0.25, -0.2) is 0 Å². The molecule has 0 aliphatic heterocycles. The van der Waals surface area contributed by atoms with Crippen LogP contribution in [0, 0.1) is 0 Å². The monoisotopic (exact) mass is 396 g/mol. The van der Waals surface area contributed by atoms with Crippen LogP contribution in [0.15, 0.2) is 48.5 Å². The van der Waals surface area contributed by atoms with Crippen molar-refractivity contribution in [1.29, 1.82) is 0 Å². The second-order valence-electron chi connectivity index (χ2n) is 6.57. The van der Waals surface area contributed by atoms with E-state index in [0.29, 0.717) is 35.6 Å². The molecule has 0 radical (unpaired) electrons. The largest absolute Gasteiger partial charge is 0.376 e. The highest BCUT2D eigenvalue weighted by Gasteiger charge is 2.07. The van der Waals surface area contributed by atoms with E-state index in [1.807, 2.05) is 0 Å². The number of benzene rings is 2. The second-order valence-corrected chi connectivity index (χ2v) is 6.57. The zero-order valence-corrected chi connectivity index (χ0v) is 16.9. The predicted octanol–water partition coefficient (Wildman–Crippen LogP) is 3.62. The zero-order valence-electron chi connectivity index (χ0n) is 16.9. The highest BCUT2D eigenvalue weighted by Crippen LogP contribution is 2.15. The Morgan fingerprint density at radius 2 is 1.48 bits per heavy atom. The molecule has 3 amide bonds. The standard InChI is InChI=1S/C22H28N4O3/c1-3-5-12-23-22(29)16-8-6-9-17(13-16)24-15-21(28)26-19-11-7-10-18(14-19)25-20(27)4-2/h6-11,13-14,24H,3-5,12,15H2,1-2H3,(H,23,29)(H,25,27)(H,26,28). The van der Waals surface area contributed by atoms with Crippen molar-refractivity contribution >= 4 is 34.8 Å². The lowest BCUT2D eigenvalue weighted by atomic mass is 10.2. The molecule has 0 aromatic heterocycles. The Morgan fingerprint density at radius 3 is 2.17 bits per heavy atom. The molecule has 0 aliphatic rings. The number of hydrogen-bond acceptors (Lipinski definition) is 4. The molecule has 0 fully saturated rings. The fourth-order valence-corrected chi connectivity index (χ4v) is 2.56. The number of carbonyl (C=O) groups is 3. The first-order valence-electron chi connectivity index (χ1n) is 9.83. The quantitative estimate of drug-likeness (QED) is 0.461. The zero-order chi connectivity index (χ0) is 21.1. The summed E-state index contributed by atoms with van der Waals surface area (Å²) in [5, 5.41) is 11.4. The number of hydrogen-bond donors (Lipinski definition) is 4. The Bertz CT molecular complexity index is 851. The molecule has 0 atom stereocenters. The van der Waals surface area contributed by atoms with Crippen LogP contribution >= 0.6 is 0 Å². The summed E-state index contributed by atoms with van der Waals surface area (Å²) < 4.78 is 0. The maximum atomic E-state index is 12.2. The van der Waals surface area contributed by atoms with E-state index in [-0.39, 0.29) is 24.3 Å². The molecular formula is C22H28N4O3. The van der Waals surface area contributed by atoms with Crippen molar-refractivity contribution in [3.63, 3.8) is 0 Å². The molecule has 2 aromatic carbocycles. The SMILES string of the molecule is CCCCNC(=O)c1cccc(NCC(=O)Nc2cccc(NC(=O)CC)c2)c1. The molecule has 4 N–H and O–H groups in total. The average Bonchev–Trinajstić information content (AvgIpc) is 2.72. The molecule has 0 saturated carbocycles. The number of nitrogens with one attached hydrogen (secondary N) is 4. The van der Waals surface area contributed by atoms with E-state index in [2.05, 4.69) is 28.2 Å². The van der Waals surface area contributed by atoms with Crippen LogP contribution in [0.4, 0.5) is 17.1 Å². The van der Waals surface area contributed by atoms with Gasteiger partial charge in [0.15, 0.2) is 0 Å². The van der Waals surface area contributed by atoms with Crippen molar-refractivity contribution in [3.05, 3.63) is 54.1 Å². The molecule has 7 heteroatoms. The van der Waals surface area contributed by atoms with Crippen molar-refractivity contribution in [1.82, 2.24) is 5.32 Å². The minimum Gasteiger partial charge on any atom is -0.376 e. The number of amides is 3. The maximum absolute atomic E-state index is 12.2. The Balaban J connectivity index is 1.88. The van der Waals surface area contributed by atoms with Gasteiger partial charge in [-0.2, -0.15) is 0 Å². The van der Waals surface area contributed by atoms with E-state index >= 15 is 0 Å². The Kier molecular flexibility index (Phi) is 8.69. The number of unbranched alkanes of at least 4 members (excludes halogenated alkanes) is 1. The summed E-state index contributed by atoms with van der Waals surface area (Å²) in [5.41, 5.74) is 2.46. The van der Waals surface area contributed by atoms with Crippen molar-refractivity contribution in [2.75, 3.05) is 29.0 Å². The first-order chi connectivity index (χ1) is 14.0. The minimum absolute atomic E-state index is 0.0481. The lowest BCUT2D eigenvalue weighted by Crippen LogP contribution is -2.25. The highest BCUT2D eigenvalue weighted by atomic mass is 16.2. The summed E-state index contributed by atoms with van der Waals surface area (Å²) >= 11 is 0. The average molecular weight is 396 g/mol. The van der Waals surface area contributed by atoms with Crippen LogP contribution in [-0.4, -0.2) is 30.8 Å². The third kappa shape index (κ3) is 7.65. The Labute approximate surface area is 171 Å². The van der Waals surface area contributed by atoms with E-state index in [9.17, 15) is 14.4 Å². The van der Waals surface area contributed by atoms with Gasteiger partial charge in [0, 0.05) is 35.6 Å². The third-order valence-electron chi connectivity index (χ3n) is 4.14. The fourth-order valence-electron chi connectivity index (χ4n) is 2.56. The maximum Gasteiger partial charge on any atom is 0.251 e. The van der Waals surface area contributed by atoms with Gasteiger partial charge in [-0.1, -0.05) is 32.4 Å². The summed E-state index contributed by atoms with van der Waals surface area (Å²) in [5.74, 6) is -0.451. The van der Waals surface area contributed by atoms with Crippen LogP contribution in [0.2, 0.25) is 0 Å². The summed E-state index contributed by atoms with van der Waals surface area (Å²) in [6.45, 7) is 4.54. The van der Waals surface area contributed by atoms with Gasteiger partial charge in [0.05, 0.1) is 6.54 Å². The molecule has 154 valence electrons. The lowest BCUT2D eigenvalue weighted by Gasteiger charge is -2.11. The van der Waals surface area contributed by atoms with E-state index < -0.39 is 0 Å². The van der Waals surface area contributed by atoms with Gasteiger partial charge in [-0.05, 0) is 42.8 Å². The van der Waals surface area contributed by atoms with Crippen LogP contribution in [-0.2, 0) is 9.59 Å². The summed E-state index contributed by atoms with van der Waals surface area (Å²) in [7, 11) is 0. The Hall–Kier alpha value is -3.35. The van der Waals surface area contributed by atoms with Crippen LogP contribution in [0.1, 0.15) is 43.5 Å². The van der Waals surface area contributed by atoms with Crippen molar-refractivity contribution in [2.24, 2.45) is 0 Å². The van der Waals surface area contributed by atoms with Crippen LogP contribution in [0.25, 0.3) is 0 Å². The van der Waals surface area contributed by atoms with E-state index in [4.69, 9.17) is 0 Å². The number of rotatable bonds is 10. The molecule has 0 bridgehead atoms. The van der Waals surface area contributed by atoms with Gasteiger partial charge < -0.3 is 21.3 Å². The van der Waals surface area contributed by atoms with Gasteiger partial charge >= 0.3 is 0 Å². The predicted molar refractivity (Wildman–Crippen MR) is 116 cm³/mol. The number of carbonyl (C=O) groups excluding carboxylic acids is 3. The highest BCUT2D eigenvalue weighted by molar-refractivity contribution is 5.97. The van der Waals surface area contributed by atoms with Crippen LogP contribution in [0.5, 0.6) is 0 Å². The van der Waals surface area contributed by atoms with Gasteiger partial charge in [0.1, 0.15) is 0 Å². The van der Waals surface area contributed by atoms with E-state index in [1.54, 1.807) is 55.5 Å². The molecule has 29 heavy (non-hydrogen) atoms. The molecule has 0 aliphatic carbocycles. The fraction of sp³-hybridized carbons (Fsp3) is 0.318. The van der Waals surface area contributed by atoms with Crippen molar-refractivity contribution < 1.29 is 14.4 Å². The first-order valence-corrected chi connectivity index (χ1v) is 9.83. The lowest BCUT2D eigenvalue weighted by molar-refractivity contribution is -0.116.